The molecule has 1 aromatic rings. The Morgan fingerprint density at radius 1 is 1.24 bits per heavy atom. The molecule has 1 aromatic carbocycles. The van der Waals surface area contributed by atoms with Crippen molar-refractivity contribution in [1.29, 1.82) is 0 Å². The van der Waals surface area contributed by atoms with E-state index in [1.54, 1.807) is 13.8 Å². The highest BCUT2D eigenvalue weighted by molar-refractivity contribution is 7.90. The molecule has 0 saturated carbocycles. The van der Waals surface area contributed by atoms with Crippen LogP contribution in [0.25, 0.3) is 0 Å². The van der Waals surface area contributed by atoms with Crippen molar-refractivity contribution >= 4 is 9.84 Å². The van der Waals surface area contributed by atoms with Crippen molar-refractivity contribution in [3.05, 3.63) is 23.8 Å². The Kier molecular flexibility index (Phi) is 4.13. The van der Waals surface area contributed by atoms with Gasteiger partial charge in [-0.1, -0.05) is 0 Å². The Hall–Kier alpha value is -1.11. The van der Waals surface area contributed by atoms with Crippen molar-refractivity contribution < 1.29 is 23.4 Å². The lowest BCUT2D eigenvalue weighted by Crippen LogP contribution is -2.10. The van der Waals surface area contributed by atoms with Gasteiger partial charge in [0.15, 0.2) is 16.1 Å². The van der Waals surface area contributed by atoms with Crippen LogP contribution in [0.4, 0.5) is 0 Å². The number of ether oxygens (including phenoxy) is 1. The van der Waals surface area contributed by atoms with Crippen molar-refractivity contribution in [2.45, 2.75) is 31.1 Å². The van der Waals surface area contributed by atoms with Crippen molar-refractivity contribution in [1.82, 2.24) is 0 Å². The number of aliphatic hydroxyl groups is 2. The second kappa shape index (κ2) is 5.03. The zero-order chi connectivity index (χ0) is 13.2. The van der Waals surface area contributed by atoms with E-state index >= 15 is 0 Å². The Balaban J connectivity index is 3.27. The molecule has 0 aliphatic rings. The molecule has 0 bridgehead atoms. The second-order valence-electron chi connectivity index (χ2n) is 4.01. The molecule has 0 heterocycles. The fraction of sp³-hybridized carbons (Fsp3) is 0.455. The summed E-state index contributed by atoms with van der Waals surface area (Å²) in [4.78, 5) is 0.0247. The highest BCUT2D eigenvalue weighted by Crippen LogP contribution is 2.27. The topological polar surface area (TPSA) is 83.8 Å². The molecule has 0 amide bonds. The molecule has 0 unspecified atom stereocenters. The maximum absolute atomic E-state index is 11.3. The molecule has 6 heteroatoms. The molecule has 0 radical (unpaired) electrons. The molecule has 5 nitrogen and oxygen atoms in total. The van der Waals surface area contributed by atoms with Gasteiger partial charge in [0.2, 0.25) is 0 Å². The van der Waals surface area contributed by atoms with Crippen molar-refractivity contribution in [3.63, 3.8) is 0 Å². The molecule has 0 aliphatic heterocycles. The third-order valence-electron chi connectivity index (χ3n) is 2.05. The maximum atomic E-state index is 11.3. The first-order valence-electron chi connectivity index (χ1n) is 5.08. The van der Waals surface area contributed by atoms with E-state index in [1.807, 2.05) is 0 Å². The van der Waals surface area contributed by atoms with Crippen LogP contribution in [-0.4, -0.2) is 31.0 Å². The Bertz CT molecular complexity index is 491. The third kappa shape index (κ3) is 3.69. The lowest BCUT2D eigenvalue weighted by molar-refractivity contribution is -0.0447. The summed E-state index contributed by atoms with van der Waals surface area (Å²) in [6.07, 6.45) is -0.860. The Morgan fingerprint density at radius 3 is 2.24 bits per heavy atom. The first-order chi connectivity index (χ1) is 7.71. The Labute approximate surface area is 101 Å². The van der Waals surface area contributed by atoms with Gasteiger partial charge in [0.1, 0.15) is 5.75 Å². The Morgan fingerprint density at radius 2 is 1.82 bits per heavy atom. The highest BCUT2D eigenvalue weighted by Gasteiger charge is 2.16. The number of hydrogen-bond acceptors (Lipinski definition) is 5. The van der Waals surface area contributed by atoms with E-state index < -0.39 is 16.1 Å². The predicted octanol–water partition coefficient (Wildman–Crippen LogP) is 0.860. The minimum Gasteiger partial charge on any atom is -0.491 e. The monoisotopic (exact) mass is 260 g/mol. The van der Waals surface area contributed by atoms with Gasteiger partial charge in [-0.25, -0.2) is 8.42 Å². The van der Waals surface area contributed by atoms with E-state index in [4.69, 9.17) is 4.74 Å². The number of hydrogen-bond donors (Lipinski definition) is 2. The third-order valence-corrected chi connectivity index (χ3v) is 3.16. The van der Waals surface area contributed by atoms with Crippen molar-refractivity contribution in [3.8, 4) is 5.75 Å². The summed E-state index contributed by atoms with van der Waals surface area (Å²) in [7, 11) is -3.38. The molecule has 2 N–H and O–H groups in total. The second-order valence-corrected chi connectivity index (χ2v) is 6.03. The average Bonchev–Trinajstić information content (AvgIpc) is 2.15. The van der Waals surface area contributed by atoms with Crippen LogP contribution in [0, 0.1) is 0 Å². The molecule has 17 heavy (non-hydrogen) atoms. The predicted molar refractivity (Wildman–Crippen MR) is 62.5 cm³/mol. The summed E-state index contributed by atoms with van der Waals surface area (Å²) < 4.78 is 28.0. The van der Waals surface area contributed by atoms with Gasteiger partial charge in [-0.2, -0.15) is 0 Å². The first-order valence-corrected chi connectivity index (χ1v) is 6.97. The molecule has 0 saturated heterocycles. The largest absolute Gasteiger partial charge is 0.491 e. The van der Waals surface area contributed by atoms with Crippen LogP contribution >= 0.6 is 0 Å². The summed E-state index contributed by atoms with van der Waals surface area (Å²) in [5, 5.41) is 18.4. The summed E-state index contributed by atoms with van der Waals surface area (Å²) in [6, 6.07) is 4.00. The van der Waals surface area contributed by atoms with Gasteiger partial charge in [-0.3, -0.25) is 0 Å². The van der Waals surface area contributed by atoms with Crippen LogP contribution < -0.4 is 4.74 Å². The molecule has 0 fully saturated rings. The first kappa shape index (κ1) is 14.0. The molecule has 0 aromatic heterocycles. The van der Waals surface area contributed by atoms with Gasteiger partial charge in [-0.15, -0.1) is 0 Å². The van der Waals surface area contributed by atoms with E-state index in [0.29, 0.717) is 0 Å². The average molecular weight is 260 g/mol. The van der Waals surface area contributed by atoms with Gasteiger partial charge in [-0.05, 0) is 32.0 Å². The number of rotatable bonds is 4. The van der Waals surface area contributed by atoms with E-state index in [2.05, 4.69) is 0 Å². The van der Waals surface area contributed by atoms with Gasteiger partial charge >= 0.3 is 0 Å². The fourth-order valence-corrected chi connectivity index (χ4v) is 1.98. The van der Waals surface area contributed by atoms with Gasteiger partial charge in [0.05, 0.1) is 16.6 Å². The standard InChI is InChI=1S/C11H16O5S/c1-7(2)16-10-5-4-8(17(3,14)15)6-9(10)11(12)13/h4-7,11-13H,1-3H3. The minimum atomic E-state index is -3.38. The summed E-state index contributed by atoms with van der Waals surface area (Å²) in [6.45, 7) is 3.58. The van der Waals surface area contributed by atoms with E-state index in [0.717, 1.165) is 6.26 Å². The van der Waals surface area contributed by atoms with E-state index in [-0.39, 0.29) is 22.3 Å². The molecular formula is C11H16O5S. The van der Waals surface area contributed by atoms with Gasteiger partial charge in [0, 0.05) is 6.26 Å². The summed E-state index contributed by atoms with van der Waals surface area (Å²) in [5.41, 5.74) is 0.0432. The smallest absolute Gasteiger partial charge is 0.182 e. The fourth-order valence-electron chi connectivity index (χ4n) is 1.32. The molecular weight excluding hydrogens is 244 g/mol. The SMILES string of the molecule is CC(C)Oc1ccc(S(C)(=O)=O)cc1C(O)O. The number of aliphatic hydroxyl groups excluding tert-OH is 1. The minimum absolute atomic E-state index is 0.0247. The lowest BCUT2D eigenvalue weighted by atomic mass is 10.2. The van der Waals surface area contributed by atoms with Crippen LogP contribution in [0.1, 0.15) is 25.7 Å². The highest BCUT2D eigenvalue weighted by atomic mass is 32.2. The van der Waals surface area contributed by atoms with Crippen LogP contribution in [0.3, 0.4) is 0 Å². The molecule has 1 rings (SSSR count). The quantitative estimate of drug-likeness (QED) is 0.784. The van der Waals surface area contributed by atoms with Crippen LogP contribution in [0.15, 0.2) is 23.1 Å². The van der Waals surface area contributed by atoms with Crippen LogP contribution in [-0.2, 0) is 9.84 Å². The molecule has 0 aliphatic carbocycles. The summed E-state index contributed by atoms with van der Waals surface area (Å²) >= 11 is 0. The van der Waals surface area contributed by atoms with Gasteiger partial charge in [0.25, 0.3) is 0 Å². The normalized spacial score (nSPS) is 12.2. The zero-order valence-electron chi connectivity index (χ0n) is 9.91. The number of benzene rings is 1. The number of sulfone groups is 1. The van der Waals surface area contributed by atoms with Crippen LogP contribution in [0.5, 0.6) is 5.75 Å². The van der Waals surface area contributed by atoms with E-state index in [1.165, 1.54) is 18.2 Å². The molecule has 0 spiro atoms. The van der Waals surface area contributed by atoms with Crippen molar-refractivity contribution in [2.75, 3.05) is 6.26 Å². The van der Waals surface area contributed by atoms with Gasteiger partial charge < -0.3 is 14.9 Å². The zero-order valence-corrected chi connectivity index (χ0v) is 10.7. The molecule has 96 valence electrons. The lowest BCUT2D eigenvalue weighted by Gasteiger charge is -2.16. The molecule has 0 atom stereocenters. The van der Waals surface area contributed by atoms with Crippen LogP contribution in [0.2, 0.25) is 0 Å². The maximum Gasteiger partial charge on any atom is 0.182 e. The van der Waals surface area contributed by atoms with E-state index in [9.17, 15) is 18.6 Å². The summed E-state index contributed by atoms with van der Waals surface area (Å²) in [5.74, 6) is 0.266. The van der Waals surface area contributed by atoms with Crippen molar-refractivity contribution in [2.24, 2.45) is 0 Å².